The maximum absolute atomic E-state index is 12.8. The monoisotopic (exact) mass is 546 g/mol. The summed E-state index contributed by atoms with van der Waals surface area (Å²) in [5.41, 5.74) is 6.08. The van der Waals surface area contributed by atoms with Gasteiger partial charge in [-0.25, -0.2) is 9.67 Å². The van der Waals surface area contributed by atoms with E-state index in [0.717, 1.165) is 71.6 Å². The number of anilines is 2. The van der Waals surface area contributed by atoms with Crippen LogP contribution in [-0.2, 0) is 22.4 Å². The molecule has 1 saturated carbocycles. The van der Waals surface area contributed by atoms with Crippen LogP contribution in [0.2, 0.25) is 5.02 Å². The quantitative estimate of drug-likeness (QED) is 0.306. The van der Waals surface area contributed by atoms with Crippen molar-refractivity contribution in [3.8, 4) is 27.5 Å². The number of aryl methyl sites for hydroxylation is 1. The summed E-state index contributed by atoms with van der Waals surface area (Å²) in [6.07, 6.45) is 10.3. The van der Waals surface area contributed by atoms with E-state index < -0.39 is 0 Å². The molecule has 194 valence electrons. The summed E-state index contributed by atoms with van der Waals surface area (Å²) in [5, 5.41) is 11.9. The molecule has 1 aromatic carbocycles. The highest BCUT2D eigenvalue weighted by atomic mass is 35.5. The largest absolute Gasteiger partial charge is 0.326 e. The zero-order valence-electron chi connectivity index (χ0n) is 21.0. The highest BCUT2D eigenvalue weighted by Crippen LogP contribution is 2.45. The van der Waals surface area contributed by atoms with E-state index in [1.54, 1.807) is 12.3 Å². The van der Waals surface area contributed by atoms with Gasteiger partial charge in [0.05, 0.1) is 32.7 Å². The van der Waals surface area contributed by atoms with Crippen molar-refractivity contribution in [2.75, 3.05) is 10.6 Å². The number of halogens is 1. The molecule has 0 aliphatic heterocycles. The summed E-state index contributed by atoms with van der Waals surface area (Å²) < 4.78 is 1.86. The van der Waals surface area contributed by atoms with Crippen LogP contribution in [0.25, 0.3) is 27.5 Å². The number of fused-ring (bicyclic) bond motifs is 3. The number of benzene rings is 1. The molecule has 4 aromatic rings. The SMILES string of the molecule is CC(=O)Nc1nc2c(s1)-c1c(c(-c3cccnc3)nn1-c1ccc(NC(=O)C3CCCCC3)cc1Cl)CC2. The predicted molar refractivity (Wildman–Crippen MR) is 150 cm³/mol. The standard InChI is InChI=1S/C28H27ClN6O2S/c1-16(36)31-28-33-22-11-10-20-24(18-8-5-13-30-15-18)34-35(25(20)26(22)38-28)23-12-9-19(14-21(23)29)32-27(37)17-6-3-2-4-7-17/h5,8-9,12-15,17H,2-4,6-7,10-11H2,1H3,(H,32,37)(H,31,33,36). The number of amides is 2. The zero-order valence-corrected chi connectivity index (χ0v) is 22.5. The Balaban J connectivity index is 1.41. The smallest absolute Gasteiger partial charge is 0.227 e. The van der Waals surface area contributed by atoms with E-state index in [0.29, 0.717) is 21.5 Å². The summed E-state index contributed by atoms with van der Waals surface area (Å²) in [5.74, 6) is -0.0385. The molecule has 0 bridgehead atoms. The van der Waals surface area contributed by atoms with Crippen molar-refractivity contribution in [2.24, 2.45) is 5.92 Å². The van der Waals surface area contributed by atoms with Gasteiger partial charge in [-0.05, 0) is 56.0 Å². The maximum atomic E-state index is 12.8. The fourth-order valence-electron chi connectivity index (χ4n) is 5.35. The second-order valence-corrected chi connectivity index (χ2v) is 11.2. The van der Waals surface area contributed by atoms with Gasteiger partial charge in [0.15, 0.2) is 5.13 Å². The molecule has 10 heteroatoms. The van der Waals surface area contributed by atoms with Crippen LogP contribution in [0.3, 0.4) is 0 Å². The van der Waals surface area contributed by atoms with Crippen molar-refractivity contribution in [1.82, 2.24) is 19.7 Å². The molecule has 8 nitrogen and oxygen atoms in total. The molecule has 2 N–H and O–H groups in total. The number of nitrogens with zero attached hydrogens (tertiary/aromatic N) is 4. The van der Waals surface area contributed by atoms with Crippen molar-refractivity contribution >= 4 is 45.6 Å². The molecule has 3 aromatic heterocycles. The first kappa shape index (κ1) is 24.8. The molecule has 2 aliphatic carbocycles. The maximum Gasteiger partial charge on any atom is 0.227 e. The Hall–Kier alpha value is -3.56. The second kappa shape index (κ2) is 10.3. The van der Waals surface area contributed by atoms with Crippen LogP contribution < -0.4 is 10.6 Å². The van der Waals surface area contributed by atoms with Crippen LogP contribution in [-0.4, -0.2) is 31.6 Å². The molecule has 0 spiro atoms. The van der Waals surface area contributed by atoms with Gasteiger partial charge in [0.2, 0.25) is 11.8 Å². The third-order valence-electron chi connectivity index (χ3n) is 7.15. The Bertz CT molecular complexity index is 1520. The molecule has 6 rings (SSSR count). The van der Waals surface area contributed by atoms with Gasteiger partial charge in [-0.15, -0.1) is 0 Å². The minimum absolute atomic E-state index is 0.0589. The van der Waals surface area contributed by atoms with Crippen LogP contribution in [0.1, 0.15) is 50.3 Å². The van der Waals surface area contributed by atoms with E-state index in [2.05, 4.69) is 20.6 Å². The lowest BCUT2D eigenvalue weighted by Crippen LogP contribution is -2.24. The first-order chi connectivity index (χ1) is 18.5. The van der Waals surface area contributed by atoms with E-state index in [9.17, 15) is 9.59 Å². The van der Waals surface area contributed by atoms with Crippen LogP contribution in [0.4, 0.5) is 10.8 Å². The van der Waals surface area contributed by atoms with Crippen molar-refractivity contribution < 1.29 is 9.59 Å². The normalized spacial score (nSPS) is 15.0. The molecular weight excluding hydrogens is 520 g/mol. The topological polar surface area (TPSA) is 102 Å². The van der Waals surface area contributed by atoms with E-state index in [1.807, 2.05) is 35.1 Å². The molecule has 2 amide bonds. The summed E-state index contributed by atoms with van der Waals surface area (Å²) in [7, 11) is 0. The Labute approximate surface area is 229 Å². The van der Waals surface area contributed by atoms with Gasteiger partial charge in [-0.2, -0.15) is 5.10 Å². The Morgan fingerprint density at radius 1 is 1.11 bits per heavy atom. The van der Waals surface area contributed by atoms with Gasteiger partial charge in [-0.3, -0.25) is 14.6 Å². The fraction of sp³-hybridized carbons (Fsp3) is 0.321. The van der Waals surface area contributed by atoms with E-state index in [4.69, 9.17) is 16.7 Å². The molecule has 0 saturated heterocycles. The van der Waals surface area contributed by atoms with E-state index in [1.165, 1.54) is 24.7 Å². The molecule has 0 atom stereocenters. The number of carbonyl (C=O) groups is 2. The predicted octanol–water partition coefficient (Wildman–Crippen LogP) is 6.29. The van der Waals surface area contributed by atoms with Crippen molar-refractivity contribution in [1.29, 1.82) is 0 Å². The Morgan fingerprint density at radius 3 is 2.68 bits per heavy atom. The number of nitrogens with one attached hydrogen (secondary N) is 2. The summed E-state index contributed by atoms with van der Waals surface area (Å²) >= 11 is 8.28. The third kappa shape index (κ3) is 4.72. The lowest BCUT2D eigenvalue weighted by molar-refractivity contribution is -0.120. The molecule has 0 unspecified atom stereocenters. The number of aromatic nitrogens is 4. The van der Waals surface area contributed by atoms with Gasteiger partial charge in [0.25, 0.3) is 0 Å². The first-order valence-electron chi connectivity index (χ1n) is 12.9. The number of hydrogen-bond donors (Lipinski definition) is 2. The van der Waals surface area contributed by atoms with Crippen LogP contribution in [0.5, 0.6) is 0 Å². The van der Waals surface area contributed by atoms with Crippen molar-refractivity contribution in [2.45, 2.75) is 51.9 Å². The minimum atomic E-state index is -0.158. The minimum Gasteiger partial charge on any atom is -0.326 e. The molecule has 1 fully saturated rings. The van der Waals surface area contributed by atoms with Gasteiger partial charge in [0, 0.05) is 42.0 Å². The Morgan fingerprint density at radius 2 is 1.95 bits per heavy atom. The zero-order chi connectivity index (χ0) is 26.2. The third-order valence-corrected chi connectivity index (χ3v) is 8.47. The van der Waals surface area contributed by atoms with Crippen LogP contribution in [0, 0.1) is 5.92 Å². The molecule has 3 heterocycles. The first-order valence-corrected chi connectivity index (χ1v) is 14.1. The summed E-state index contributed by atoms with van der Waals surface area (Å²) in [4.78, 5) is 34.4. The average Bonchev–Trinajstić information content (AvgIpc) is 3.50. The van der Waals surface area contributed by atoms with Crippen molar-refractivity contribution in [3.05, 3.63) is 59.0 Å². The number of hydrogen-bond acceptors (Lipinski definition) is 6. The molecule has 0 radical (unpaired) electrons. The number of thiazole rings is 1. The lowest BCUT2D eigenvalue weighted by atomic mass is 9.88. The second-order valence-electron chi connectivity index (χ2n) is 9.80. The summed E-state index contributed by atoms with van der Waals surface area (Å²) in [6.45, 7) is 1.48. The molecular formula is C28H27ClN6O2S. The average molecular weight is 547 g/mol. The Kier molecular flexibility index (Phi) is 6.71. The number of pyridine rings is 1. The fourth-order valence-corrected chi connectivity index (χ4v) is 6.73. The highest BCUT2D eigenvalue weighted by molar-refractivity contribution is 7.19. The number of carbonyl (C=O) groups excluding carboxylic acids is 2. The highest BCUT2D eigenvalue weighted by Gasteiger charge is 2.30. The van der Waals surface area contributed by atoms with Gasteiger partial charge in [-0.1, -0.05) is 42.2 Å². The molecule has 2 aliphatic rings. The molecule has 38 heavy (non-hydrogen) atoms. The van der Waals surface area contributed by atoms with Crippen LogP contribution in [0.15, 0.2) is 42.7 Å². The van der Waals surface area contributed by atoms with E-state index in [-0.39, 0.29) is 17.7 Å². The van der Waals surface area contributed by atoms with Crippen molar-refractivity contribution in [3.63, 3.8) is 0 Å². The van der Waals surface area contributed by atoms with Crippen LogP contribution >= 0.6 is 22.9 Å². The summed E-state index contributed by atoms with van der Waals surface area (Å²) in [6, 6.07) is 9.44. The number of rotatable bonds is 5. The van der Waals surface area contributed by atoms with E-state index >= 15 is 0 Å². The van der Waals surface area contributed by atoms with Gasteiger partial charge >= 0.3 is 0 Å². The lowest BCUT2D eigenvalue weighted by Gasteiger charge is -2.21. The van der Waals surface area contributed by atoms with Gasteiger partial charge < -0.3 is 10.6 Å². The van der Waals surface area contributed by atoms with Gasteiger partial charge in [0.1, 0.15) is 0 Å².